The smallest absolute Gasteiger partial charge is 0.259 e. The monoisotopic (exact) mass is 356 g/mol. The average Bonchev–Trinajstić information content (AvgIpc) is 3.12. The van der Waals surface area contributed by atoms with Crippen molar-refractivity contribution in [2.75, 3.05) is 4.90 Å². The van der Waals surface area contributed by atoms with E-state index in [9.17, 15) is 9.59 Å². The summed E-state index contributed by atoms with van der Waals surface area (Å²) in [6, 6.07) is 26.0. The normalized spacial score (nSPS) is 15.3. The van der Waals surface area contributed by atoms with Crippen molar-refractivity contribution in [3.63, 3.8) is 0 Å². The number of amides is 2. The maximum Gasteiger partial charge on any atom is 0.259 e. The lowest BCUT2D eigenvalue weighted by Crippen LogP contribution is -2.47. The van der Waals surface area contributed by atoms with Gasteiger partial charge in [-0.1, -0.05) is 66.7 Å². The van der Waals surface area contributed by atoms with Gasteiger partial charge in [-0.15, -0.1) is 0 Å². The number of hydrogen-bond acceptors (Lipinski definition) is 2. The highest BCUT2D eigenvalue weighted by Crippen LogP contribution is 2.33. The molecular formula is C23H20N2O2. The Bertz CT molecular complexity index is 954. The lowest BCUT2D eigenvalue weighted by molar-refractivity contribution is -0.122. The third-order valence-electron chi connectivity index (χ3n) is 4.83. The molecule has 3 aromatic carbocycles. The Hall–Kier alpha value is -3.40. The third kappa shape index (κ3) is 3.47. The van der Waals surface area contributed by atoms with Gasteiger partial charge in [0.05, 0.1) is 0 Å². The molecule has 0 bridgehead atoms. The Balaban J connectivity index is 1.59. The minimum Gasteiger partial charge on any atom is -0.350 e. The predicted octanol–water partition coefficient (Wildman–Crippen LogP) is 3.57. The predicted molar refractivity (Wildman–Crippen MR) is 105 cm³/mol. The van der Waals surface area contributed by atoms with Gasteiger partial charge in [0.25, 0.3) is 5.91 Å². The largest absolute Gasteiger partial charge is 0.350 e. The second kappa shape index (κ2) is 7.46. The van der Waals surface area contributed by atoms with Crippen molar-refractivity contribution < 1.29 is 9.59 Å². The number of hydrogen-bond donors (Lipinski definition) is 1. The summed E-state index contributed by atoms with van der Waals surface area (Å²) in [4.78, 5) is 27.7. The number of nitrogens with zero attached hydrogens (tertiary/aromatic N) is 1. The molecule has 0 radical (unpaired) electrons. The molecule has 4 nitrogen and oxygen atoms in total. The molecule has 1 atom stereocenters. The van der Waals surface area contributed by atoms with Crippen molar-refractivity contribution in [1.29, 1.82) is 0 Å². The van der Waals surface area contributed by atoms with Crippen LogP contribution in [-0.4, -0.2) is 17.9 Å². The van der Waals surface area contributed by atoms with Crippen molar-refractivity contribution in [3.05, 3.63) is 102 Å². The number of benzene rings is 3. The van der Waals surface area contributed by atoms with Gasteiger partial charge in [-0.3, -0.25) is 14.5 Å². The van der Waals surface area contributed by atoms with Crippen molar-refractivity contribution in [2.45, 2.75) is 19.0 Å². The van der Waals surface area contributed by atoms with Gasteiger partial charge in [-0.05, 0) is 29.3 Å². The van der Waals surface area contributed by atoms with Crippen LogP contribution < -0.4 is 10.2 Å². The summed E-state index contributed by atoms with van der Waals surface area (Å²) in [5.41, 5.74) is 3.44. The highest BCUT2D eigenvalue weighted by Gasteiger charge is 2.38. The van der Waals surface area contributed by atoms with E-state index in [2.05, 4.69) is 5.32 Å². The summed E-state index contributed by atoms with van der Waals surface area (Å²) < 4.78 is 0. The molecule has 134 valence electrons. The molecule has 1 aliphatic rings. The van der Waals surface area contributed by atoms with Gasteiger partial charge in [0.2, 0.25) is 5.91 Å². The summed E-state index contributed by atoms with van der Waals surface area (Å²) in [6.45, 7) is 0.444. The molecule has 1 aliphatic heterocycles. The molecule has 0 aliphatic carbocycles. The molecule has 3 aromatic rings. The fourth-order valence-electron chi connectivity index (χ4n) is 3.47. The Morgan fingerprint density at radius 2 is 1.48 bits per heavy atom. The zero-order chi connectivity index (χ0) is 18.6. The highest BCUT2D eigenvalue weighted by atomic mass is 16.2. The van der Waals surface area contributed by atoms with Crippen LogP contribution in [0, 0.1) is 0 Å². The Morgan fingerprint density at radius 3 is 2.22 bits per heavy atom. The maximum absolute atomic E-state index is 13.1. The Morgan fingerprint density at radius 1 is 0.852 bits per heavy atom. The number of carbonyl (C=O) groups excluding carboxylic acids is 2. The summed E-state index contributed by atoms with van der Waals surface area (Å²) in [7, 11) is 0. The summed E-state index contributed by atoms with van der Waals surface area (Å²) >= 11 is 0. The molecule has 0 unspecified atom stereocenters. The Labute approximate surface area is 158 Å². The van der Waals surface area contributed by atoms with Crippen LogP contribution in [0.25, 0.3) is 0 Å². The number of carbonyl (C=O) groups is 2. The molecule has 0 saturated heterocycles. The molecular weight excluding hydrogens is 336 g/mol. The summed E-state index contributed by atoms with van der Waals surface area (Å²) in [5.74, 6) is -0.292. The average molecular weight is 356 g/mol. The topological polar surface area (TPSA) is 49.4 Å². The molecule has 1 N–H and O–H groups in total. The first-order valence-electron chi connectivity index (χ1n) is 9.02. The van der Waals surface area contributed by atoms with Crippen molar-refractivity contribution in [1.82, 2.24) is 5.32 Å². The number of rotatable bonds is 4. The minimum absolute atomic E-state index is 0.140. The number of nitrogens with one attached hydrogen (secondary N) is 1. The van der Waals surface area contributed by atoms with Crippen LogP contribution >= 0.6 is 0 Å². The van der Waals surface area contributed by atoms with E-state index in [1.165, 1.54) is 0 Å². The summed E-state index contributed by atoms with van der Waals surface area (Å²) in [6.07, 6.45) is 0.523. The van der Waals surface area contributed by atoms with Gasteiger partial charge >= 0.3 is 0 Å². The van der Waals surface area contributed by atoms with Gasteiger partial charge < -0.3 is 5.32 Å². The van der Waals surface area contributed by atoms with Crippen LogP contribution in [0.5, 0.6) is 0 Å². The number of para-hydroxylation sites is 1. The standard InChI is InChI=1S/C23H20N2O2/c26-22(24-16-17-9-3-1-4-10-17)21-15-19-13-7-8-14-20(19)25(21)23(27)18-11-5-2-6-12-18/h1-14,21H,15-16H2,(H,24,26)/t21-/m0/s1. The molecule has 4 heteroatoms. The first-order chi connectivity index (χ1) is 13.2. The molecule has 0 aromatic heterocycles. The van der Waals surface area contributed by atoms with Gasteiger partial charge in [0.15, 0.2) is 0 Å². The molecule has 0 saturated carbocycles. The highest BCUT2D eigenvalue weighted by molar-refractivity contribution is 6.11. The number of anilines is 1. The van der Waals surface area contributed by atoms with Crippen molar-refractivity contribution in [2.24, 2.45) is 0 Å². The van der Waals surface area contributed by atoms with E-state index >= 15 is 0 Å². The quantitative estimate of drug-likeness (QED) is 0.777. The molecule has 2 amide bonds. The molecule has 1 heterocycles. The van der Waals surface area contributed by atoms with E-state index in [-0.39, 0.29) is 11.8 Å². The van der Waals surface area contributed by atoms with Crippen LogP contribution in [0.15, 0.2) is 84.9 Å². The zero-order valence-electron chi connectivity index (χ0n) is 14.8. The molecule has 27 heavy (non-hydrogen) atoms. The maximum atomic E-state index is 13.1. The fourth-order valence-corrected chi connectivity index (χ4v) is 3.47. The molecule has 4 rings (SSSR count). The van der Waals surface area contributed by atoms with Gasteiger partial charge in [-0.25, -0.2) is 0 Å². The van der Waals surface area contributed by atoms with Crippen molar-refractivity contribution in [3.8, 4) is 0 Å². The second-order valence-corrected chi connectivity index (χ2v) is 6.59. The zero-order valence-corrected chi connectivity index (χ0v) is 14.8. The van der Waals surface area contributed by atoms with Gasteiger partial charge in [-0.2, -0.15) is 0 Å². The minimum atomic E-state index is -0.543. The van der Waals surface area contributed by atoms with E-state index in [0.29, 0.717) is 18.5 Å². The van der Waals surface area contributed by atoms with Crippen molar-refractivity contribution >= 4 is 17.5 Å². The van der Waals surface area contributed by atoms with Gasteiger partial charge in [0, 0.05) is 24.2 Å². The SMILES string of the molecule is O=C(NCc1ccccc1)[C@@H]1Cc2ccccc2N1C(=O)c1ccccc1. The van der Waals surface area contributed by atoms with Crippen LogP contribution in [0.3, 0.4) is 0 Å². The Kier molecular flexibility index (Phi) is 4.71. The first kappa shape index (κ1) is 17.0. The fraction of sp³-hybridized carbons (Fsp3) is 0.130. The van der Waals surface area contributed by atoms with E-state index in [1.807, 2.05) is 72.8 Å². The van der Waals surface area contributed by atoms with E-state index in [1.54, 1.807) is 17.0 Å². The molecule has 0 fully saturated rings. The second-order valence-electron chi connectivity index (χ2n) is 6.59. The third-order valence-corrected chi connectivity index (χ3v) is 4.83. The van der Waals surface area contributed by atoms with Crippen LogP contribution in [0.1, 0.15) is 21.5 Å². The van der Waals surface area contributed by atoms with Crippen LogP contribution in [-0.2, 0) is 17.8 Å². The van der Waals surface area contributed by atoms with Crippen LogP contribution in [0.4, 0.5) is 5.69 Å². The first-order valence-corrected chi connectivity index (χ1v) is 9.02. The number of fused-ring (bicyclic) bond motifs is 1. The lowest BCUT2D eigenvalue weighted by atomic mass is 10.1. The molecule has 0 spiro atoms. The van der Waals surface area contributed by atoms with Crippen LogP contribution in [0.2, 0.25) is 0 Å². The van der Waals surface area contributed by atoms with E-state index < -0.39 is 6.04 Å². The summed E-state index contributed by atoms with van der Waals surface area (Å²) in [5, 5.41) is 2.98. The van der Waals surface area contributed by atoms with E-state index in [4.69, 9.17) is 0 Å². The lowest BCUT2D eigenvalue weighted by Gasteiger charge is -2.25. The van der Waals surface area contributed by atoms with E-state index in [0.717, 1.165) is 16.8 Å². The van der Waals surface area contributed by atoms with Gasteiger partial charge in [0.1, 0.15) is 6.04 Å².